The van der Waals surface area contributed by atoms with E-state index in [0.717, 1.165) is 44.0 Å². The van der Waals surface area contributed by atoms with Crippen LogP contribution in [0.3, 0.4) is 0 Å². The molecule has 0 radical (unpaired) electrons. The van der Waals surface area contributed by atoms with E-state index in [9.17, 15) is 19.2 Å². The number of ether oxygens (including phenoxy) is 6. The van der Waals surface area contributed by atoms with Gasteiger partial charge in [0, 0.05) is 39.8 Å². The third kappa shape index (κ3) is 28.0. The highest BCUT2D eigenvalue weighted by Gasteiger charge is 2.25. The van der Waals surface area contributed by atoms with Crippen molar-refractivity contribution in [3.05, 3.63) is 0 Å². The summed E-state index contributed by atoms with van der Waals surface area (Å²) < 4.78 is 32.8. The van der Waals surface area contributed by atoms with Crippen molar-refractivity contribution in [3.63, 3.8) is 0 Å². The number of amides is 2. The predicted octanol–water partition coefficient (Wildman–Crippen LogP) is 1.15. The van der Waals surface area contributed by atoms with Gasteiger partial charge in [-0.15, -0.1) is 0 Å². The van der Waals surface area contributed by atoms with Gasteiger partial charge in [0.2, 0.25) is 11.8 Å². The lowest BCUT2D eigenvalue weighted by molar-refractivity contribution is -0.138. The van der Waals surface area contributed by atoms with Gasteiger partial charge in [-0.25, -0.2) is 0 Å². The van der Waals surface area contributed by atoms with Crippen LogP contribution in [0.4, 0.5) is 0 Å². The van der Waals surface area contributed by atoms with Crippen molar-refractivity contribution in [1.82, 2.24) is 10.6 Å². The van der Waals surface area contributed by atoms with Gasteiger partial charge in [-0.3, -0.25) is 19.2 Å². The minimum Gasteiger partial charge on any atom is -0.480 e. The molecule has 15 heteroatoms. The molecule has 0 aromatic carbocycles. The molecule has 0 saturated heterocycles. The first kappa shape index (κ1) is 39.9. The molecule has 14 nitrogen and oxygen atoms in total. The summed E-state index contributed by atoms with van der Waals surface area (Å²) in [5.74, 6) is -2.88. The van der Waals surface area contributed by atoms with Gasteiger partial charge in [0.25, 0.3) is 0 Å². The van der Waals surface area contributed by atoms with Crippen molar-refractivity contribution >= 4 is 31.8 Å². The predicted molar refractivity (Wildman–Crippen MR) is 156 cm³/mol. The maximum absolute atomic E-state index is 11.4. The SMILES string of the molecule is COCCOCCC[Si](C)(CCCOCCOCCC(=O)NCC(=O)O)CCCOCCOCCC(=O)NCC(=O)O. The fourth-order valence-electron chi connectivity index (χ4n) is 3.92. The van der Waals surface area contributed by atoms with Crippen LogP contribution in [0.1, 0.15) is 32.1 Å². The van der Waals surface area contributed by atoms with E-state index in [1.807, 2.05) is 0 Å². The summed E-state index contributed by atoms with van der Waals surface area (Å²) in [5.41, 5.74) is 0. The Balaban J connectivity index is 4.09. The molecule has 0 aromatic heterocycles. The summed E-state index contributed by atoms with van der Waals surface area (Å²) in [5, 5.41) is 21.6. The maximum Gasteiger partial charge on any atom is 0.322 e. The Morgan fingerprint density at radius 2 is 0.881 bits per heavy atom. The zero-order valence-electron chi connectivity index (χ0n) is 25.3. The van der Waals surface area contributed by atoms with Crippen molar-refractivity contribution in [3.8, 4) is 0 Å². The molecule has 0 rings (SSSR count). The highest BCUT2D eigenvalue weighted by atomic mass is 28.3. The van der Waals surface area contributed by atoms with Gasteiger partial charge >= 0.3 is 11.9 Å². The van der Waals surface area contributed by atoms with Crippen LogP contribution in [0.2, 0.25) is 24.7 Å². The second-order valence-electron chi connectivity index (χ2n) is 10.0. The van der Waals surface area contributed by atoms with Crippen LogP contribution in [-0.4, -0.2) is 135 Å². The summed E-state index contributed by atoms with van der Waals surface area (Å²) in [6.45, 7) is 6.86. The van der Waals surface area contributed by atoms with E-state index in [2.05, 4.69) is 17.2 Å². The van der Waals surface area contributed by atoms with Gasteiger partial charge in [-0.1, -0.05) is 24.7 Å². The maximum atomic E-state index is 11.4. The van der Waals surface area contributed by atoms with Crippen molar-refractivity contribution in [1.29, 1.82) is 0 Å². The van der Waals surface area contributed by atoms with E-state index >= 15 is 0 Å². The van der Waals surface area contributed by atoms with Gasteiger partial charge in [-0.2, -0.15) is 0 Å². The first-order chi connectivity index (χ1) is 20.2. The molecule has 0 unspecified atom stereocenters. The van der Waals surface area contributed by atoms with Crippen molar-refractivity contribution in [2.45, 2.75) is 56.8 Å². The number of aliphatic carboxylic acids is 2. The number of nitrogens with one attached hydrogen (secondary N) is 2. The third-order valence-electron chi connectivity index (χ3n) is 6.20. The number of carbonyl (C=O) groups is 4. The molecular weight excluding hydrogens is 572 g/mol. The van der Waals surface area contributed by atoms with E-state index < -0.39 is 33.1 Å². The molecule has 0 fully saturated rings. The van der Waals surface area contributed by atoms with Gasteiger partial charge in [0.05, 0.1) is 60.9 Å². The standard InChI is InChI=1S/C27H52N2O12Si/c1-36-13-14-37-8-3-19-42(2,20-4-9-38-15-17-40-11-6-24(30)28-22-26(32)33)21-5-10-39-16-18-41-12-7-25(31)29-23-27(34)35/h3-23H2,1-2H3,(H,28,30)(H,29,31)(H,32,33)(H,34,35). The Hall–Kier alpha value is -2.14. The first-order valence-electron chi connectivity index (χ1n) is 14.5. The molecular formula is C27H52N2O12Si. The molecule has 0 aliphatic rings. The Bertz CT molecular complexity index is 681. The summed E-state index contributed by atoms with van der Waals surface area (Å²) in [6, 6.07) is 3.41. The largest absolute Gasteiger partial charge is 0.480 e. The van der Waals surface area contributed by atoms with Crippen LogP contribution in [0, 0.1) is 0 Å². The lowest BCUT2D eigenvalue weighted by Gasteiger charge is -2.28. The molecule has 2 amide bonds. The highest BCUT2D eigenvalue weighted by Crippen LogP contribution is 2.26. The minimum atomic E-state index is -1.54. The zero-order valence-corrected chi connectivity index (χ0v) is 26.3. The number of carboxylic acids is 2. The summed E-state index contributed by atoms with van der Waals surface area (Å²) in [6.07, 6.45) is 3.14. The number of methoxy groups -OCH3 is 1. The van der Waals surface area contributed by atoms with E-state index in [-0.39, 0.29) is 37.9 Å². The van der Waals surface area contributed by atoms with Gasteiger partial charge in [0.1, 0.15) is 13.1 Å². The van der Waals surface area contributed by atoms with Crippen LogP contribution < -0.4 is 10.6 Å². The number of carbonyl (C=O) groups excluding carboxylic acids is 2. The second-order valence-corrected chi connectivity index (χ2v) is 15.1. The monoisotopic (exact) mass is 624 g/mol. The van der Waals surface area contributed by atoms with Crippen molar-refractivity contribution in [2.75, 3.05) is 92.9 Å². The Morgan fingerprint density at radius 3 is 1.21 bits per heavy atom. The number of carboxylic acid groups (broad SMARTS) is 2. The van der Waals surface area contributed by atoms with Crippen LogP contribution in [0.5, 0.6) is 0 Å². The second kappa shape index (κ2) is 27.7. The Morgan fingerprint density at radius 1 is 0.548 bits per heavy atom. The van der Waals surface area contributed by atoms with Crippen LogP contribution in [0.15, 0.2) is 0 Å². The highest BCUT2D eigenvalue weighted by molar-refractivity contribution is 6.78. The topological polar surface area (TPSA) is 188 Å². The van der Waals surface area contributed by atoms with Crippen LogP contribution in [0.25, 0.3) is 0 Å². The fraction of sp³-hybridized carbons (Fsp3) is 0.852. The van der Waals surface area contributed by atoms with E-state index in [1.165, 1.54) is 0 Å². The fourth-order valence-corrected chi connectivity index (χ4v) is 7.66. The molecule has 0 spiro atoms. The average Bonchev–Trinajstić information content (AvgIpc) is 2.95. The van der Waals surface area contributed by atoms with Crippen molar-refractivity contribution < 1.29 is 57.8 Å². The summed E-state index contributed by atoms with van der Waals surface area (Å²) in [7, 11) is 0.112. The molecule has 0 aliphatic heterocycles. The van der Waals surface area contributed by atoms with Crippen LogP contribution >= 0.6 is 0 Å². The molecule has 0 aromatic rings. The van der Waals surface area contributed by atoms with E-state index in [0.29, 0.717) is 52.9 Å². The molecule has 0 heterocycles. The average molecular weight is 625 g/mol. The summed E-state index contributed by atoms with van der Waals surface area (Å²) in [4.78, 5) is 43.7. The minimum absolute atomic E-state index is 0.109. The molecule has 4 N–H and O–H groups in total. The summed E-state index contributed by atoms with van der Waals surface area (Å²) >= 11 is 0. The van der Waals surface area contributed by atoms with E-state index in [1.54, 1.807) is 7.11 Å². The molecule has 0 atom stereocenters. The molecule has 0 bridgehead atoms. The Kier molecular flexibility index (Phi) is 26.3. The van der Waals surface area contributed by atoms with Crippen molar-refractivity contribution in [2.24, 2.45) is 0 Å². The quantitative estimate of drug-likeness (QED) is 0.0637. The Labute approximate surface area is 250 Å². The number of hydrogen-bond acceptors (Lipinski definition) is 10. The molecule has 0 saturated carbocycles. The van der Waals surface area contributed by atoms with Gasteiger partial charge < -0.3 is 49.3 Å². The normalized spacial score (nSPS) is 11.4. The smallest absolute Gasteiger partial charge is 0.322 e. The third-order valence-corrected chi connectivity index (χ3v) is 10.9. The zero-order chi connectivity index (χ0) is 31.3. The number of rotatable bonds is 31. The lowest BCUT2D eigenvalue weighted by Crippen LogP contribution is -2.31. The van der Waals surface area contributed by atoms with Gasteiger partial charge in [0.15, 0.2) is 0 Å². The van der Waals surface area contributed by atoms with Gasteiger partial charge in [-0.05, 0) is 19.3 Å². The molecule has 246 valence electrons. The van der Waals surface area contributed by atoms with Crippen LogP contribution in [-0.2, 0) is 47.6 Å². The molecule has 42 heavy (non-hydrogen) atoms. The van der Waals surface area contributed by atoms with E-state index in [4.69, 9.17) is 38.6 Å². The molecule has 0 aliphatic carbocycles. The first-order valence-corrected chi connectivity index (χ1v) is 17.7. The lowest BCUT2D eigenvalue weighted by atomic mass is 10.4. The number of hydrogen-bond donors (Lipinski definition) is 4.